The Morgan fingerprint density at radius 3 is 3.00 bits per heavy atom. The van der Waals surface area contributed by atoms with Crippen molar-refractivity contribution in [2.45, 2.75) is 32.1 Å². The molecule has 1 aromatic heterocycles. The van der Waals surface area contributed by atoms with Crippen LogP contribution in [-0.4, -0.2) is 0 Å². The van der Waals surface area contributed by atoms with Crippen molar-refractivity contribution in [1.29, 1.82) is 5.26 Å². The van der Waals surface area contributed by atoms with Crippen molar-refractivity contribution in [3.63, 3.8) is 0 Å². The maximum Gasteiger partial charge on any atom is 0.0696 e. The van der Waals surface area contributed by atoms with Crippen molar-refractivity contribution in [2.75, 3.05) is 0 Å². The van der Waals surface area contributed by atoms with Gasteiger partial charge in [-0.25, -0.2) is 0 Å². The third kappa shape index (κ3) is 1.41. The van der Waals surface area contributed by atoms with Crippen LogP contribution in [0.2, 0.25) is 0 Å². The Hall–Kier alpha value is -0.810. The number of nitriles is 1. The highest BCUT2D eigenvalue weighted by Crippen LogP contribution is 2.57. The fraction of sp³-hybridized carbons (Fsp3) is 0.615. The van der Waals surface area contributed by atoms with Crippen molar-refractivity contribution in [3.8, 4) is 6.07 Å². The first-order chi connectivity index (χ1) is 7.32. The first-order valence-corrected chi connectivity index (χ1v) is 6.69. The van der Waals surface area contributed by atoms with Crippen LogP contribution in [0.25, 0.3) is 0 Å². The van der Waals surface area contributed by atoms with E-state index in [2.05, 4.69) is 22.9 Å². The first-order valence-electron chi connectivity index (χ1n) is 5.75. The van der Waals surface area contributed by atoms with E-state index in [4.69, 9.17) is 0 Å². The van der Waals surface area contributed by atoms with Crippen LogP contribution in [0.5, 0.6) is 0 Å². The number of fused-ring (bicyclic) bond motifs is 2. The summed E-state index contributed by atoms with van der Waals surface area (Å²) in [4.78, 5) is 0. The van der Waals surface area contributed by atoms with E-state index in [1.165, 1.54) is 24.8 Å². The summed E-state index contributed by atoms with van der Waals surface area (Å²) in [5.74, 6) is 1.54. The smallest absolute Gasteiger partial charge is 0.0696 e. The molecule has 15 heavy (non-hydrogen) atoms. The van der Waals surface area contributed by atoms with Gasteiger partial charge < -0.3 is 0 Å². The summed E-state index contributed by atoms with van der Waals surface area (Å²) in [5, 5.41) is 13.8. The maximum absolute atomic E-state index is 9.49. The van der Waals surface area contributed by atoms with Gasteiger partial charge in [0.15, 0.2) is 0 Å². The average Bonchev–Trinajstić information content (AvgIpc) is 2.93. The molecule has 0 N–H and O–H groups in total. The molecule has 0 radical (unpaired) electrons. The van der Waals surface area contributed by atoms with E-state index in [0.29, 0.717) is 5.92 Å². The minimum atomic E-state index is -0.00993. The Labute approximate surface area is 94.7 Å². The Morgan fingerprint density at radius 2 is 2.47 bits per heavy atom. The Balaban J connectivity index is 1.86. The van der Waals surface area contributed by atoms with E-state index in [9.17, 15) is 5.26 Å². The third-order valence-electron chi connectivity index (χ3n) is 4.30. The van der Waals surface area contributed by atoms with E-state index in [-0.39, 0.29) is 5.41 Å². The fourth-order valence-corrected chi connectivity index (χ4v) is 4.26. The molecule has 2 fully saturated rings. The van der Waals surface area contributed by atoms with E-state index in [0.717, 1.165) is 18.8 Å². The van der Waals surface area contributed by atoms with Crippen LogP contribution in [0.3, 0.4) is 0 Å². The molecule has 1 heterocycles. The van der Waals surface area contributed by atoms with E-state index >= 15 is 0 Å². The van der Waals surface area contributed by atoms with Gasteiger partial charge in [-0.1, -0.05) is 6.42 Å². The molecule has 78 valence electrons. The van der Waals surface area contributed by atoms with Crippen molar-refractivity contribution >= 4 is 11.3 Å². The van der Waals surface area contributed by atoms with Gasteiger partial charge in [0.1, 0.15) is 0 Å². The summed E-state index contributed by atoms with van der Waals surface area (Å²) < 4.78 is 0. The number of hydrogen-bond donors (Lipinski definition) is 0. The van der Waals surface area contributed by atoms with Gasteiger partial charge in [0.25, 0.3) is 0 Å². The molecule has 2 bridgehead atoms. The minimum absolute atomic E-state index is 0.00993. The predicted molar refractivity (Wildman–Crippen MR) is 61.5 cm³/mol. The summed E-state index contributed by atoms with van der Waals surface area (Å²) in [6.45, 7) is 0. The molecule has 1 aromatic rings. The zero-order valence-corrected chi connectivity index (χ0v) is 9.59. The van der Waals surface area contributed by atoms with Crippen LogP contribution in [0, 0.1) is 28.6 Å². The number of rotatable bonds is 2. The fourth-order valence-electron chi connectivity index (χ4n) is 3.59. The van der Waals surface area contributed by atoms with Crippen molar-refractivity contribution in [3.05, 3.63) is 22.4 Å². The van der Waals surface area contributed by atoms with Gasteiger partial charge in [0.05, 0.1) is 11.5 Å². The molecular weight excluding hydrogens is 202 g/mol. The van der Waals surface area contributed by atoms with E-state index < -0.39 is 0 Å². The quantitative estimate of drug-likeness (QED) is 0.742. The molecule has 0 spiro atoms. The van der Waals surface area contributed by atoms with Crippen LogP contribution in [0.1, 0.15) is 31.2 Å². The van der Waals surface area contributed by atoms with Gasteiger partial charge in [0, 0.05) is 0 Å². The Bertz CT molecular complexity index is 389. The van der Waals surface area contributed by atoms with Gasteiger partial charge >= 0.3 is 0 Å². The summed E-state index contributed by atoms with van der Waals surface area (Å²) in [6, 6.07) is 4.83. The van der Waals surface area contributed by atoms with Crippen molar-refractivity contribution < 1.29 is 0 Å². The molecule has 0 saturated heterocycles. The molecule has 2 heteroatoms. The average molecular weight is 217 g/mol. The zero-order chi connectivity index (χ0) is 10.3. The second-order valence-corrected chi connectivity index (χ2v) is 5.94. The minimum Gasteiger partial charge on any atom is -0.198 e. The highest BCUT2D eigenvalue weighted by molar-refractivity contribution is 7.07. The van der Waals surface area contributed by atoms with Gasteiger partial charge in [-0.3, -0.25) is 0 Å². The topological polar surface area (TPSA) is 23.8 Å². The largest absolute Gasteiger partial charge is 0.198 e. The predicted octanol–water partition coefficient (Wildman–Crippen LogP) is 3.62. The molecule has 2 aliphatic carbocycles. The number of nitrogens with zero attached hydrogens (tertiary/aromatic N) is 1. The van der Waals surface area contributed by atoms with Crippen LogP contribution in [-0.2, 0) is 6.42 Å². The van der Waals surface area contributed by atoms with Gasteiger partial charge in [-0.15, -0.1) is 0 Å². The van der Waals surface area contributed by atoms with Gasteiger partial charge in [-0.05, 0) is 59.9 Å². The summed E-state index contributed by atoms with van der Waals surface area (Å²) in [5.41, 5.74) is 1.36. The molecule has 2 saturated carbocycles. The van der Waals surface area contributed by atoms with E-state index in [1.807, 2.05) is 0 Å². The number of thiophene rings is 1. The van der Waals surface area contributed by atoms with Gasteiger partial charge in [-0.2, -0.15) is 16.6 Å². The molecule has 3 rings (SSSR count). The molecule has 3 unspecified atom stereocenters. The lowest BCUT2D eigenvalue weighted by Gasteiger charge is -2.30. The van der Waals surface area contributed by atoms with Gasteiger partial charge in [0.2, 0.25) is 0 Å². The highest BCUT2D eigenvalue weighted by atomic mass is 32.1. The van der Waals surface area contributed by atoms with Crippen LogP contribution < -0.4 is 0 Å². The van der Waals surface area contributed by atoms with Crippen LogP contribution >= 0.6 is 11.3 Å². The molecule has 0 aromatic carbocycles. The van der Waals surface area contributed by atoms with E-state index in [1.54, 1.807) is 11.3 Å². The van der Waals surface area contributed by atoms with Crippen LogP contribution in [0.15, 0.2) is 16.8 Å². The summed E-state index contributed by atoms with van der Waals surface area (Å²) >= 11 is 1.74. The second kappa shape index (κ2) is 3.35. The van der Waals surface area contributed by atoms with Crippen LogP contribution in [0.4, 0.5) is 0 Å². The second-order valence-electron chi connectivity index (χ2n) is 5.16. The molecule has 1 nitrogen and oxygen atoms in total. The molecule has 3 atom stereocenters. The molecular formula is C13H15NS. The van der Waals surface area contributed by atoms with Crippen molar-refractivity contribution in [1.82, 2.24) is 0 Å². The highest BCUT2D eigenvalue weighted by Gasteiger charge is 2.51. The lowest BCUT2D eigenvalue weighted by Crippen LogP contribution is -2.28. The first kappa shape index (κ1) is 9.42. The standard InChI is InChI=1S/C13H15NS/c14-9-13(7-11-3-4-15-8-11)6-10-1-2-12(13)5-10/h3-4,8,10,12H,1-2,5-7H2. The molecule has 0 amide bonds. The third-order valence-corrected chi connectivity index (χ3v) is 5.03. The maximum atomic E-state index is 9.49. The number of hydrogen-bond acceptors (Lipinski definition) is 2. The summed E-state index contributed by atoms with van der Waals surface area (Å²) in [6.07, 6.45) is 6.13. The SMILES string of the molecule is N#CC1(Cc2ccsc2)CC2CCC1C2. The molecule has 0 aliphatic heterocycles. The zero-order valence-electron chi connectivity index (χ0n) is 8.78. The normalized spacial score (nSPS) is 38.1. The lowest BCUT2D eigenvalue weighted by atomic mass is 9.71. The van der Waals surface area contributed by atoms with Crippen molar-refractivity contribution in [2.24, 2.45) is 17.3 Å². The Morgan fingerprint density at radius 1 is 1.53 bits per heavy atom. The lowest BCUT2D eigenvalue weighted by molar-refractivity contribution is 0.239. The monoisotopic (exact) mass is 217 g/mol. The Kier molecular flexibility index (Phi) is 2.10. The summed E-state index contributed by atoms with van der Waals surface area (Å²) in [7, 11) is 0. The molecule has 2 aliphatic rings.